The van der Waals surface area contributed by atoms with E-state index in [-0.39, 0.29) is 4.90 Å². The molecule has 0 unspecified atom stereocenters. The molecule has 5 aromatic rings. The highest BCUT2D eigenvalue weighted by Gasteiger charge is 2.24. The van der Waals surface area contributed by atoms with Crippen LogP contribution in [0, 0.1) is 11.3 Å². The average molecular weight is 565 g/mol. The van der Waals surface area contributed by atoms with Crippen LogP contribution in [-0.2, 0) is 17.1 Å². The Hall–Kier alpha value is -4.52. The fourth-order valence-corrected chi connectivity index (χ4v) is 6.59. The van der Waals surface area contributed by atoms with Gasteiger partial charge in [0.05, 0.1) is 27.2 Å². The molecule has 5 rings (SSSR count). The highest BCUT2D eigenvalue weighted by molar-refractivity contribution is 7.89. The van der Waals surface area contributed by atoms with E-state index in [1.165, 1.54) is 4.31 Å². The molecule has 0 N–H and O–H groups in total. The number of aryl methyl sites for hydroxylation is 1. The number of nitriles is 1. The minimum atomic E-state index is -3.69. The van der Waals surface area contributed by atoms with Gasteiger partial charge in [-0.15, -0.1) is 0 Å². The number of nitrogens with zero attached hydrogens (tertiary/aromatic N) is 6. The van der Waals surface area contributed by atoms with Crippen molar-refractivity contribution in [1.29, 1.82) is 5.26 Å². The van der Waals surface area contributed by atoms with E-state index >= 15 is 0 Å². The second-order valence-corrected chi connectivity index (χ2v) is 11.7. The fourth-order valence-electron chi connectivity index (χ4n) is 4.92. The molecule has 0 amide bonds. The molecule has 0 saturated carbocycles. The van der Waals surface area contributed by atoms with Crippen molar-refractivity contribution in [1.82, 2.24) is 23.6 Å². The van der Waals surface area contributed by atoms with Crippen molar-refractivity contribution in [2.24, 2.45) is 7.05 Å². The zero-order valence-corrected chi connectivity index (χ0v) is 24.2. The van der Waals surface area contributed by atoms with E-state index in [9.17, 15) is 13.7 Å². The smallest absolute Gasteiger partial charge is 0.243 e. The molecule has 3 aromatic carbocycles. The summed E-state index contributed by atoms with van der Waals surface area (Å²) >= 11 is 0. The monoisotopic (exact) mass is 564 g/mol. The van der Waals surface area contributed by atoms with Crippen molar-refractivity contribution in [2.75, 3.05) is 13.1 Å². The second-order valence-electron chi connectivity index (χ2n) is 9.80. The Morgan fingerprint density at radius 1 is 0.976 bits per heavy atom. The Morgan fingerprint density at radius 2 is 1.68 bits per heavy atom. The molecule has 0 radical (unpaired) electrons. The normalized spacial score (nSPS) is 12.2. The third kappa shape index (κ3) is 5.57. The predicted octanol–water partition coefficient (Wildman–Crippen LogP) is 6.30. The van der Waals surface area contributed by atoms with Gasteiger partial charge in [-0.2, -0.15) is 14.7 Å². The summed E-state index contributed by atoms with van der Waals surface area (Å²) in [5.74, 6) is 0.540. The quantitative estimate of drug-likeness (QED) is 0.185. The van der Waals surface area contributed by atoms with E-state index < -0.39 is 10.0 Å². The van der Waals surface area contributed by atoms with Gasteiger partial charge in [0.25, 0.3) is 0 Å². The van der Waals surface area contributed by atoms with Crippen molar-refractivity contribution in [3.63, 3.8) is 0 Å². The number of hydrogen-bond acceptors (Lipinski definition) is 5. The van der Waals surface area contributed by atoms with E-state index in [2.05, 4.69) is 6.07 Å². The van der Waals surface area contributed by atoms with E-state index in [4.69, 9.17) is 10.1 Å². The molecule has 8 nitrogen and oxygen atoms in total. The number of fused-ring (bicyclic) bond motifs is 1. The van der Waals surface area contributed by atoms with Gasteiger partial charge in [-0.05, 0) is 55.3 Å². The fraction of sp³-hybridized carbons (Fsp3) is 0.219. The molecule has 2 heterocycles. The summed E-state index contributed by atoms with van der Waals surface area (Å²) in [7, 11) is -1.80. The molecule has 0 aliphatic carbocycles. The topological polar surface area (TPSA) is 96.8 Å². The third-order valence-corrected chi connectivity index (χ3v) is 8.80. The number of hydrogen-bond donors (Lipinski definition) is 0. The SMILES string of the molecule is CCCN(CCC)S(=O)(=O)c1cccc(-c2nn(-c3ccccc3)cc2C=C(C#N)c2nc3ccccc3n2C)c1. The molecular weight excluding hydrogens is 532 g/mol. The first-order valence-electron chi connectivity index (χ1n) is 13.7. The Morgan fingerprint density at radius 3 is 2.37 bits per heavy atom. The van der Waals surface area contributed by atoms with Crippen LogP contribution < -0.4 is 0 Å². The maximum atomic E-state index is 13.6. The maximum absolute atomic E-state index is 13.6. The average Bonchev–Trinajstić information content (AvgIpc) is 3.57. The molecule has 0 spiro atoms. The van der Waals surface area contributed by atoms with Crippen molar-refractivity contribution in [3.8, 4) is 23.0 Å². The van der Waals surface area contributed by atoms with Crippen molar-refractivity contribution in [3.05, 3.63) is 96.4 Å². The molecule has 9 heteroatoms. The highest BCUT2D eigenvalue weighted by Crippen LogP contribution is 2.30. The number of benzene rings is 3. The van der Waals surface area contributed by atoms with E-state index in [1.54, 1.807) is 29.0 Å². The first-order valence-corrected chi connectivity index (χ1v) is 15.1. The summed E-state index contributed by atoms with van der Waals surface area (Å²) in [4.78, 5) is 4.93. The molecule has 0 bridgehead atoms. The van der Waals surface area contributed by atoms with Crippen LogP contribution >= 0.6 is 0 Å². The Kier molecular flexibility index (Phi) is 8.15. The van der Waals surface area contributed by atoms with Gasteiger partial charge in [0.1, 0.15) is 11.8 Å². The Balaban J connectivity index is 1.66. The molecule has 0 aliphatic rings. The zero-order valence-electron chi connectivity index (χ0n) is 23.4. The van der Waals surface area contributed by atoms with Gasteiger partial charge in [0.2, 0.25) is 10.0 Å². The van der Waals surface area contributed by atoms with E-state index in [0.717, 1.165) is 29.6 Å². The zero-order chi connectivity index (χ0) is 29.0. The lowest BCUT2D eigenvalue weighted by atomic mass is 10.1. The van der Waals surface area contributed by atoms with Gasteiger partial charge < -0.3 is 4.57 Å². The second kappa shape index (κ2) is 11.9. The molecule has 41 heavy (non-hydrogen) atoms. The van der Waals surface area contributed by atoms with E-state index in [1.807, 2.05) is 92.3 Å². The maximum Gasteiger partial charge on any atom is 0.243 e. The van der Waals surface area contributed by atoms with Crippen LogP contribution in [0.5, 0.6) is 0 Å². The summed E-state index contributed by atoms with van der Waals surface area (Å²) in [6.45, 7) is 4.86. The van der Waals surface area contributed by atoms with Gasteiger partial charge in [-0.3, -0.25) is 0 Å². The van der Waals surface area contributed by atoms with Gasteiger partial charge in [0.15, 0.2) is 5.82 Å². The van der Waals surface area contributed by atoms with Crippen LogP contribution in [0.2, 0.25) is 0 Å². The molecule has 0 saturated heterocycles. The molecule has 0 aliphatic heterocycles. The minimum absolute atomic E-state index is 0.219. The number of imidazole rings is 1. The van der Waals surface area contributed by atoms with Gasteiger partial charge in [-0.1, -0.05) is 56.3 Å². The lowest BCUT2D eigenvalue weighted by molar-refractivity contribution is 0.410. The summed E-state index contributed by atoms with van der Waals surface area (Å²) in [6.07, 6.45) is 5.08. The largest absolute Gasteiger partial charge is 0.327 e. The number of para-hydroxylation sites is 3. The molecular formula is C32H32N6O2S. The van der Waals surface area contributed by atoms with Gasteiger partial charge >= 0.3 is 0 Å². The molecule has 2 aromatic heterocycles. The van der Waals surface area contributed by atoms with Crippen molar-refractivity contribution < 1.29 is 8.42 Å². The van der Waals surface area contributed by atoms with Gasteiger partial charge in [-0.25, -0.2) is 18.1 Å². The summed E-state index contributed by atoms with van der Waals surface area (Å²) in [6, 6.07) is 26.6. The van der Waals surface area contributed by atoms with Crippen LogP contribution in [0.25, 0.3) is 39.6 Å². The van der Waals surface area contributed by atoms with Crippen LogP contribution in [0.15, 0.2) is 90.0 Å². The van der Waals surface area contributed by atoms with Crippen LogP contribution in [0.1, 0.15) is 38.1 Å². The first kappa shape index (κ1) is 28.0. The predicted molar refractivity (Wildman–Crippen MR) is 163 cm³/mol. The summed E-state index contributed by atoms with van der Waals surface area (Å²) in [5.41, 5.74) is 4.82. The lowest BCUT2D eigenvalue weighted by Crippen LogP contribution is -2.32. The highest BCUT2D eigenvalue weighted by atomic mass is 32.2. The van der Waals surface area contributed by atoms with Crippen LogP contribution in [-0.4, -0.2) is 45.1 Å². The molecule has 208 valence electrons. The number of rotatable bonds is 10. The lowest BCUT2D eigenvalue weighted by Gasteiger charge is -2.21. The number of aromatic nitrogens is 4. The van der Waals surface area contributed by atoms with Crippen molar-refractivity contribution in [2.45, 2.75) is 31.6 Å². The Labute approximate surface area is 240 Å². The molecule has 0 fully saturated rings. The first-order chi connectivity index (χ1) is 19.9. The van der Waals surface area contributed by atoms with Gasteiger partial charge in [0, 0.05) is 37.5 Å². The third-order valence-electron chi connectivity index (χ3n) is 6.90. The van der Waals surface area contributed by atoms with Crippen LogP contribution in [0.4, 0.5) is 0 Å². The Bertz CT molecular complexity index is 1860. The summed E-state index contributed by atoms with van der Waals surface area (Å²) < 4.78 is 32.3. The van der Waals surface area contributed by atoms with Crippen molar-refractivity contribution >= 4 is 32.7 Å². The van der Waals surface area contributed by atoms with Crippen LogP contribution in [0.3, 0.4) is 0 Å². The number of sulfonamides is 1. The summed E-state index contributed by atoms with van der Waals surface area (Å²) in [5, 5.41) is 15.1. The molecule has 0 atom stereocenters. The van der Waals surface area contributed by atoms with E-state index in [0.29, 0.717) is 41.3 Å². The number of allylic oxidation sites excluding steroid dienone is 1. The minimum Gasteiger partial charge on any atom is -0.327 e. The standard InChI is InChI=1S/C32H32N6O2S/c1-4-18-37(19-5-2)41(39,40)28-15-11-12-24(21-28)31-26(23-38(35-31)27-13-7-6-8-14-27)20-25(22-33)32-34-29-16-9-10-17-30(29)36(32)3/h6-17,20-21,23H,4-5,18-19H2,1-3H3.